The number of rotatable bonds is 4. The number of hydrogen-bond donors (Lipinski definition) is 1. The molecule has 2 aliphatic rings. The molecule has 0 heterocycles. The highest BCUT2D eigenvalue weighted by Crippen LogP contribution is 2.50. The predicted molar refractivity (Wildman–Crippen MR) is 71.0 cm³/mol. The van der Waals surface area contributed by atoms with Crippen LogP contribution in [0.3, 0.4) is 0 Å². The zero-order valence-electron chi connectivity index (χ0n) is 12.2. The summed E-state index contributed by atoms with van der Waals surface area (Å²) < 4.78 is 38.7. The molecule has 0 aromatic heterocycles. The van der Waals surface area contributed by atoms with Crippen LogP contribution in [-0.2, 0) is 0 Å². The van der Waals surface area contributed by atoms with E-state index in [2.05, 4.69) is 26.1 Å². The third-order valence-electron chi connectivity index (χ3n) is 5.52. The van der Waals surface area contributed by atoms with Gasteiger partial charge in [0.25, 0.3) is 0 Å². The van der Waals surface area contributed by atoms with Gasteiger partial charge in [-0.3, -0.25) is 0 Å². The second-order valence-corrected chi connectivity index (χ2v) is 7.11. The van der Waals surface area contributed by atoms with Gasteiger partial charge in [-0.1, -0.05) is 27.2 Å². The van der Waals surface area contributed by atoms with Crippen molar-refractivity contribution in [2.45, 2.75) is 83.5 Å². The molecule has 0 amide bonds. The molecule has 0 aromatic rings. The van der Waals surface area contributed by atoms with E-state index in [1.165, 1.54) is 0 Å². The SMILES string of the molecule is CCC(C)(C)C1CCC(NC2(C(F)(F)F)CC2)CC1. The minimum atomic E-state index is -4.08. The van der Waals surface area contributed by atoms with Gasteiger partial charge in [0.1, 0.15) is 5.54 Å². The molecule has 1 nitrogen and oxygen atoms in total. The molecule has 0 unspecified atom stereocenters. The van der Waals surface area contributed by atoms with E-state index in [0.717, 1.165) is 32.1 Å². The van der Waals surface area contributed by atoms with Crippen molar-refractivity contribution >= 4 is 0 Å². The third-order valence-corrected chi connectivity index (χ3v) is 5.52. The monoisotopic (exact) mass is 277 g/mol. The van der Waals surface area contributed by atoms with E-state index in [9.17, 15) is 13.2 Å². The molecule has 0 aromatic carbocycles. The average molecular weight is 277 g/mol. The molecular weight excluding hydrogens is 251 g/mol. The van der Waals surface area contributed by atoms with Crippen LogP contribution in [0.4, 0.5) is 13.2 Å². The van der Waals surface area contributed by atoms with E-state index in [0.29, 0.717) is 11.3 Å². The Labute approximate surface area is 114 Å². The van der Waals surface area contributed by atoms with Crippen molar-refractivity contribution in [1.82, 2.24) is 5.32 Å². The van der Waals surface area contributed by atoms with E-state index < -0.39 is 11.7 Å². The lowest BCUT2D eigenvalue weighted by Gasteiger charge is -2.40. The van der Waals surface area contributed by atoms with Gasteiger partial charge in [-0.25, -0.2) is 0 Å². The van der Waals surface area contributed by atoms with Crippen LogP contribution in [0.1, 0.15) is 65.7 Å². The van der Waals surface area contributed by atoms with Crippen molar-refractivity contribution in [1.29, 1.82) is 0 Å². The van der Waals surface area contributed by atoms with Gasteiger partial charge in [0.2, 0.25) is 0 Å². The van der Waals surface area contributed by atoms with Crippen LogP contribution in [0, 0.1) is 11.3 Å². The van der Waals surface area contributed by atoms with Crippen molar-refractivity contribution in [3.05, 3.63) is 0 Å². The molecule has 0 bridgehead atoms. The first kappa shape index (κ1) is 15.1. The van der Waals surface area contributed by atoms with Crippen LogP contribution in [0.2, 0.25) is 0 Å². The quantitative estimate of drug-likeness (QED) is 0.787. The Kier molecular flexibility index (Phi) is 3.94. The minimum absolute atomic E-state index is 0.0630. The second kappa shape index (κ2) is 4.94. The summed E-state index contributed by atoms with van der Waals surface area (Å²) >= 11 is 0. The summed E-state index contributed by atoms with van der Waals surface area (Å²) in [5.74, 6) is 0.664. The highest BCUT2D eigenvalue weighted by molar-refractivity contribution is 5.09. The molecular formula is C15H26F3N. The van der Waals surface area contributed by atoms with Gasteiger partial charge >= 0.3 is 6.18 Å². The van der Waals surface area contributed by atoms with Crippen LogP contribution in [0.5, 0.6) is 0 Å². The molecule has 4 heteroatoms. The average Bonchev–Trinajstić information content (AvgIpc) is 3.10. The van der Waals surface area contributed by atoms with Crippen molar-refractivity contribution in [3.8, 4) is 0 Å². The first-order valence-corrected chi connectivity index (χ1v) is 7.55. The van der Waals surface area contributed by atoms with Crippen molar-refractivity contribution in [3.63, 3.8) is 0 Å². The lowest BCUT2D eigenvalue weighted by atomic mass is 9.69. The molecule has 2 aliphatic carbocycles. The van der Waals surface area contributed by atoms with Crippen LogP contribution < -0.4 is 5.32 Å². The molecule has 0 aliphatic heterocycles. The highest BCUT2D eigenvalue weighted by atomic mass is 19.4. The fourth-order valence-corrected chi connectivity index (χ4v) is 3.33. The summed E-state index contributed by atoms with van der Waals surface area (Å²) in [4.78, 5) is 0. The Balaban J connectivity index is 1.85. The second-order valence-electron chi connectivity index (χ2n) is 7.11. The highest BCUT2D eigenvalue weighted by Gasteiger charge is 2.63. The zero-order valence-corrected chi connectivity index (χ0v) is 12.2. The maximum absolute atomic E-state index is 12.9. The Hall–Kier alpha value is -0.250. The molecule has 112 valence electrons. The maximum Gasteiger partial charge on any atom is 0.406 e. The molecule has 0 spiro atoms. The van der Waals surface area contributed by atoms with Gasteiger partial charge in [0.05, 0.1) is 0 Å². The van der Waals surface area contributed by atoms with Gasteiger partial charge in [-0.05, 0) is 49.9 Å². The maximum atomic E-state index is 12.9. The van der Waals surface area contributed by atoms with Crippen molar-refractivity contribution < 1.29 is 13.2 Å². The fourth-order valence-electron chi connectivity index (χ4n) is 3.33. The zero-order chi connectivity index (χ0) is 14.3. The lowest BCUT2D eigenvalue weighted by Crippen LogP contribution is -2.51. The standard InChI is InChI=1S/C15H26F3N/c1-4-13(2,3)11-5-7-12(8-6-11)19-14(9-10-14)15(16,17)18/h11-12,19H,4-10H2,1-3H3. The molecule has 2 saturated carbocycles. The summed E-state index contributed by atoms with van der Waals surface area (Å²) in [5, 5.41) is 2.91. The molecule has 0 atom stereocenters. The van der Waals surface area contributed by atoms with E-state index in [4.69, 9.17) is 0 Å². The summed E-state index contributed by atoms with van der Waals surface area (Å²) in [5.41, 5.74) is -1.21. The van der Waals surface area contributed by atoms with Crippen LogP contribution in [-0.4, -0.2) is 17.8 Å². The third kappa shape index (κ3) is 3.09. The summed E-state index contributed by atoms with van der Waals surface area (Å²) in [6.45, 7) is 6.76. The van der Waals surface area contributed by atoms with Gasteiger partial charge < -0.3 is 5.32 Å². The topological polar surface area (TPSA) is 12.0 Å². The Morgan fingerprint density at radius 2 is 1.58 bits per heavy atom. The van der Waals surface area contributed by atoms with E-state index >= 15 is 0 Å². The van der Waals surface area contributed by atoms with E-state index in [1.54, 1.807) is 0 Å². The molecule has 0 radical (unpaired) electrons. The summed E-state index contributed by atoms with van der Waals surface area (Å²) in [6.07, 6.45) is 1.50. The number of alkyl halides is 3. The number of hydrogen-bond acceptors (Lipinski definition) is 1. The van der Waals surface area contributed by atoms with Crippen molar-refractivity contribution in [2.24, 2.45) is 11.3 Å². The van der Waals surface area contributed by atoms with Crippen LogP contribution in [0.25, 0.3) is 0 Å². The van der Waals surface area contributed by atoms with E-state index in [-0.39, 0.29) is 18.9 Å². The molecule has 19 heavy (non-hydrogen) atoms. The first-order valence-electron chi connectivity index (χ1n) is 7.55. The minimum Gasteiger partial charge on any atom is -0.301 e. The van der Waals surface area contributed by atoms with E-state index in [1.807, 2.05) is 0 Å². The van der Waals surface area contributed by atoms with Crippen LogP contribution in [0.15, 0.2) is 0 Å². The summed E-state index contributed by atoms with van der Waals surface area (Å²) in [7, 11) is 0. The number of nitrogens with one attached hydrogen (secondary N) is 1. The largest absolute Gasteiger partial charge is 0.406 e. The Morgan fingerprint density at radius 3 is 1.95 bits per heavy atom. The number of halogens is 3. The van der Waals surface area contributed by atoms with Crippen molar-refractivity contribution in [2.75, 3.05) is 0 Å². The predicted octanol–water partition coefficient (Wildman–Crippen LogP) is 4.67. The normalized spacial score (nSPS) is 31.3. The lowest BCUT2D eigenvalue weighted by molar-refractivity contribution is -0.168. The first-order chi connectivity index (χ1) is 8.70. The smallest absolute Gasteiger partial charge is 0.301 e. The van der Waals surface area contributed by atoms with Gasteiger partial charge in [-0.2, -0.15) is 13.2 Å². The van der Waals surface area contributed by atoms with Gasteiger partial charge in [0.15, 0.2) is 0 Å². The Morgan fingerprint density at radius 1 is 1.05 bits per heavy atom. The molecule has 2 rings (SSSR count). The molecule has 1 N–H and O–H groups in total. The molecule has 2 fully saturated rings. The summed E-state index contributed by atoms with van der Waals surface area (Å²) in [6, 6.07) is 0.0630. The van der Waals surface area contributed by atoms with Crippen LogP contribution >= 0.6 is 0 Å². The Bertz CT molecular complexity index is 310. The van der Waals surface area contributed by atoms with Gasteiger partial charge in [-0.15, -0.1) is 0 Å². The molecule has 0 saturated heterocycles. The van der Waals surface area contributed by atoms with Gasteiger partial charge in [0, 0.05) is 6.04 Å². The fraction of sp³-hybridized carbons (Fsp3) is 1.00.